The van der Waals surface area contributed by atoms with E-state index >= 15 is 0 Å². The fourth-order valence-electron chi connectivity index (χ4n) is 1.58. The second-order valence-corrected chi connectivity index (χ2v) is 4.94. The topological polar surface area (TPSA) is 85.6 Å². The molecule has 0 bridgehead atoms. The van der Waals surface area contributed by atoms with Crippen LogP contribution in [0.25, 0.3) is 5.69 Å². The molecule has 0 fully saturated rings. The highest BCUT2D eigenvalue weighted by atomic mass is 32.3. The third-order valence-corrected chi connectivity index (χ3v) is 2.78. The third kappa shape index (κ3) is 3.43. The van der Waals surface area contributed by atoms with E-state index in [1.807, 2.05) is 6.92 Å². The molecule has 0 saturated carbocycles. The molecule has 100 valence electrons. The number of pyridine rings is 1. The van der Waals surface area contributed by atoms with Crippen LogP contribution in [0.15, 0.2) is 47.4 Å². The normalized spacial score (nSPS) is 11.3. The lowest BCUT2D eigenvalue weighted by Gasteiger charge is -2.07. The molecule has 2 aromatic rings. The third-order valence-electron chi connectivity index (χ3n) is 2.38. The number of hydrogen-bond donors (Lipinski definition) is 1. The van der Waals surface area contributed by atoms with Crippen molar-refractivity contribution >= 4 is 10.4 Å². The van der Waals surface area contributed by atoms with Crippen LogP contribution < -0.4 is 9.74 Å². The highest BCUT2D eigenvalue weighted by Gasteiger charge is 2.07. The van der Waals surface area contributed by atoms with Crippen molar-refractivity contribution in [3.05, 3.63) is 58.5 Å². The lowest BCUT2D eigenvalue weighted by Crippen LogP contribution is -2.16. The Morgan fingerprint density at radius 1 is 1.11 bits per heavy atom. The van der Waals surface area contributed by atoms with Crippen molar-refractivity contribution in [2.24, 2.45) is 0 Å². The van der Waals surface area contributed by atoms with E-state index in [0.717, 1.165) is 5.56 Å². The number of nitrogens with zero attached hydrogens (tertiary/aromatic N) is 1. The molecule has 19 heavy (non-hydrogen) atoms. The van der Waals surface area contributed by atoms with Gasteiger partial charge in [0.2, 0.25) is 0 Å². The zero-order chi connectivity index (χ0) is 14.0. The van der Waals surface area contributed by atoms with Gasteiger partial charge in [-0.3, -0.25) is 13.9 Å². The molecule has 1 heterocycles. The first-order valence-corrected chi connectivity index (χ1v) is 6.68. The van der Waals surface area contributed by atoms with E-state index in [2.05, 4.69) is 4.18 Å². The lowest BCUT2D eigenvalue weighted by atomic mass is 10.2. The molecule has 6 nitrogen and oxygen atoms in total. The molecule has 0 spiro atoms. The van der Waals surface area contributed by atoms with Crippen LogP contribution in [-0.4, -0.2) is 17.5 Å². The summed E-state index contributed by atoms with van der Waals surface area (Å²) in [6.45, 7) is 1.85. The Morgan fingerprint density at radius 3 is 2.32 bits per heavy atom. The number of rotatable bonds is 3. The summed E-state index contributed by atoms with van der Waals surface area (Å²) < 4.78 is 35.3. The van der Waals surface area contributed by atoms with Gasteiger partial charge in [0, 0.05) is 18.0 Å². The van der Waals surface area contributed by atoms with Gasteiger partial charge in [-0.25, -0.2) is 0 Å². The van der Waals surface area contributed by atoms with E-state index in [1.165, 1.54) is 34.9 Å². The van der Waals surface area contributed by atoms with Crippen LogP contribution in [0.1, 0.15) is 5.56 Å². The Bertz CT molecular complexity index is 746. The van der Waals surface area contributed by atoms with Gasteiger partial charge >= 0.3 is 10.4 Å². The summed E-state index contributed by atoms with van der Waals surface area (Å²) in [5.74, 6) is -0.0352. The molecule has 1 N–H and O–H groups in total. The average Bonchev–Trinajstić information content (AvgIpc) is 2.31. The molecule has 0 atom stereocenters. The van der Waals surface area contributed by atoms with Crippen molar-refractivity contribution in [2.75, 3.05) is 0 Å². The zero-order valence-corrected chi connectivity index (χ0v) is 10.8. The van der Waals surface area contributed by atoms with Gasteiger partial charge in [-0.15, -0.1) is 0 Å². The molecule has 1 aromatic heterocycles. The van der Waals surface area contributed by atoms with Crippen molar-refractivity contribution in [3.8, 4) is 11.4 Å². The molecular formula is C12H11NO5S. The average molecular weight is 281 g/mol. The first-order chi connectivity index (χ1) is 8.85. The molecule has 0 aliphatic rings. The highest BCUT2D eigenvalue weighted by molar-refractivity contribution is 7.81. The van der Waals surface area contributed by atoms with Crippen LogP contribution in [0, 0.1) is 6.92 Å². The van der Waals surface area contributed by atoms with Gasteiger partial charge in [0.1, 0.15) is 5.75 Å². The Hall–Kier alpha value is -2.12. The predicted molar refractivity (Wildman–Crippen MR) is 69.0 cm³/mol. The van der Waals surface area contributed by atoms with Gasteiger partial charge in [-0.2, -0.15) is 8.42 Å². The van der Waals surface area contributed by atoms with E-state index < -0.39 is 10.4 Å². The highest BCUT2D eigenvalue weighted by Crippen LogP contribution is 2.15. The first-order valence-electron chi connectivity index (χ1n) is 5.32. The van der Waals surface area contributed by atoms with Crippen LogP contribution in [-0.2, 0) is 10.4 Å². The fourth-order valence-corrected chi connectivity index (χ4v) is 1.93. The fraction of sp³-hybridized carbons (Fsp3) is 0.0833. The van der Waals surface area contributed by atoms with E-state index in [9.17, 15) is 13.2 Å². The van der Waals surface area contributed by atoms with Crippen LogP contribution in [0.4, 0.5) is 0 Å². The Balaban J connectivity index is 2.38. The molecule has 0 aliphatic carbocycles. The van der Waals surface area contributed by atoms with E-state index in [0.29, 0.717) is 5.69 Å². The molecule has 7 heteroatoms. The summed E-state index contributed by atoms with van der Waals surface area (Å²) in [4.78, 5) is 11.7. The van der Waals surface area contributed by atoms with Crippen molar-refractivity contribution in [2.45, 2.75) is 6.92 Å². The molecule has 0 unspecified atom stereocenters. The second-order valence-electron chi connectivity index (χ2n) is 3.92. The van der Waals surface area contributed by atoms with E-state index in [-0.39, 0.29) is 11.3 Å². The monoisotopic (exact) mass is 281 g/mol. The largest absolute Gasteiger partial charge is 0.446 e. The SMILES string of the molecule is Cc1ccc(=O)n(-c2ccc(OS(=O)(=O)O)cc2)c1. The molecule has 0 amide bonds. The maximum absolute atomic E-state index is 11.7. The van der Waals surface area contributed by atoms with Crippen LogP contribution >= 0.6 is 0 Å². The van der Waals surface area contributed by atoms with Crippen molar-refractivity contribution in [3.63, 3.8) is 0 Å². The molecular weight excluding hydrogens is 270 g/mol. The Labute approximate surface area is 109 Å². The first kappa shape index (κ1) is 13.3. The lowest BCUT2D eigenvalue weighted by molar-refractivity contribution is 0.387. The van der Waals surface area contributed by atoms with Gasteiger partial charge in [-0.1, -0.05) is 6.07 Å². The summed E-state index contributed by atoms with van der Waals surface area (Å²) in [5.41, 5.74) is 1.28. The summed E-state index contributed by atoms with van der Waals surface area (Å²) in [6.07, 6.45) is 1.67. The number of benzene rings is 1. The van der Waals surface area contributed by atoms with Crippen LogP contribution in [0.3, 0.4) is 0 Å². The van der Waals surface area contributed by atoms with Crippen LogP contribution in [0.5, 0.6) is 5.75 Å². The maximum atomic E-state index is 11.7. The quantitative estimate of drug-likeness (QED) is 0.858. The molecule has 1 aromatic carbocycles. The Kier molecular flexibility index (Phi) is 3.41. The standard InChI is InChI=1S/C12H11NO5S/c1-9-2-7-12(14)13(8-9)10-3-5-11(6-4-10)18-19(15,16)17/h2-8H,1H3,(H,15,16,17). The van der Waals surface area contributed by atoms with Crippen molar-refractivity contribution < 1.29 is 17.2 Å². The van der Waals surface area contributed by atoms with Gasteiger partial charge < -0.3 is 4.18 Å². The van der Waals surface area contributed by atoms with E-state index in [4.69, 9.17) is 4.55 Å². The number of hydrogen-bond acceptors (Lipinski definition) is 4. The minimum atomic E-state index is -4.54. The summed E-state index contributed by atoms with van der Waals surface area (Å²) in [6, 6.07) is 8.87. The summed E-state index contributed by atoms with van der Waals surface area (Å²) >= 11 is 0. The zero-order valence-electron chi connectivity index (χ0n) is 9.98. The predicted octanol–water partition coefficient (Wildman–Crippen LogP) is 1.33. The maximum Gasteiger partial charge on any atom is 0.446 e. The minimum absolute atomic E-state index is 0.0352. The molecule has 2 rings (SSSR count). The number of aryl methyl sites for hydroxylation is 1. The summed E-state index contributed by atoms with van der Waals surface area (Å²) in [5, 5.41) is 0. The van der Waals surface area contributed by atoms with Crippen molar-refractivity contribution in [1.82, 2.24) is 4.57 Å². The van der Waals surface area contributed by atoms with Gasteiger partial charge in [0.25, 0.3) is 5.56 Å². The van der Waals surface area contributed by atoms with Crippen LogP contribution in [0.2, 0.25) is 0 Å². The molecule has 0 radical (unpaired) electrons. The minimum Gasteiger partial charge on any atom is -0.362 e. The molecule has 0 aliphatic heterocycles. The van der Waals surface area contributed by atoms with Crippen molar-refractivity contribution in [1.29, 1.82) is 0 Å². The van der Waals surface area contributed by atoms with Gasteiger partial charge in [0.05, 0.1) is 0 Å². The number of aromatic nitrogens is 1. The second kappa shape index (κ2) is 4.87. The van der Waals surface area contributed by atoms with E-state index in [1.54, 1.807) is 12.3 Å². The Morgan fingerprint density at radius 2 is 1.74 bits per heavy atom. The molecule has 0 saturated heterocycles. The summed E-state index contributed by atoms with van der Waals surface area (Å²) in [7, 11) is -4.54. The van der Waals surface area contributed by atoms with Gasteiger partial charge in [-0.05, 0) is 36.8 Å². The van der Waals surface area contributed by atoms with Gasteiger partial charge in [0.15, 0.2) is 0 Å². The smallest absolute Gasteiger partial charge is 0.362 e.